The van der Waals surface area contributed by atoms with E-state index in [0.717, 1.165) is 5.56 Å². The molecule has 0 aliphatic heterocycles. The third-order valence-electron chi connectivity index (χ3n) is 3.94. The van der Waals surface area contributed by atoms with Gasteiger partial charge in [-0.3, -0.25) is 10.1 Å². The molecular formula is C18H19NO6S. The number of Topliss-reactive ketones (excluding diaryl/α,β-unsaturated/α-hetero) is 1. The lowest BCUT2D eigenvalue weighted by molar-refractivity contribution is -0.387. The predicted octanol–water partition coefficient (Wildman–Crippen LogP) is 3.50. The smallest absolute Gasteiger partial charge is 0.346 e. The van der Waals surface area contributed by atoms with Crippen molar-refractivity contribution in [3.63, 3.8) is 0 Å². The average molecular weight is 377 g/mol. The zero-order valence-electron chi connectivity index (χ0n) is 14.7. The van der Waals surface area contributed by atoms with Gasteiger partial charge in [0.25, 0.3) is 5.69 Å². The molecule has 0 aliphatic rings. The molecule has 0 fully saturated rings. The number of nitrogens with zero attached hydrogens (tertiary/aromatic N) is 1. The quantitative estimate of drug-likeness (QED) is 0.415. The Morgan fingerprint density at radius 2 is 1.69 bits per heavy atom. The van der Waals surface area contributed by atoms with Crippen LogP contribution < -0.4 is 4.18 Å². The van der Waals surface area contributed by atoms with Crippen LogP contribution in [0, 0.1) is 24.0 Å². The highest BCUT2D eigenvalue weighted by molar-refractivity contribution is 7.87. The van der Waals surface area contributed by atoms with E-state index in [4.69, 9.17) is 4.18 Å². The van der Waals surface area contributed by atoms with Gasteiger partial charge in [-0.05, 0) is 62.1 Å². The van der Waals surface area contributed by atoms with Gasteiger partial charge in [-0.1, -0.05) is 12.1 Å². The van der Waals surface area contributed by atoms with Crippen molar-refractivity contribution >= 4 is 21.6 Å². The van der Waals surface area contributed by atoms with Gasteiger partial charge in [-0.2, -0.15) is 8.42 Å². The Morgan fingerprint density at radius 3 is 2.23 bits per heavy atom. The van der Waals surface area contributed by atoms with Crippen molar-refractivity contribution < 1.29 is 22.3 Å². The van der Waals surface area contributed by atoms with E-state index in [2.05, 4.69) is 0 Å². The summed E-state index contributed by atoms with van der Waals surface area (Å²) in [5.41, 5.74) is 1.57. The summed E-state index contributed by atoms with van der Waals surface area (Å²) in [7, 11) is -4.36. The second-order valence-electron chi connectivity index (χ2n) is 6.04. The number of nitro groups is 1. The molecule has 0 radical (unpaired) electrons. The van der Waals surface area contributed by atoms with Gasteiger partial charge in [0.15, 0.2) is 4.90 Å². The number of nitro benzene ring substituents is 1. The summed E-state index contributed by atoms with van der Waals surface area (Å²) < 4.78 is 30.1. The largest absolute Gasteiger partial charge is 0.379 e. The molecule has 0 atom stereocenters. The molecule has 8 heteroatoms. The van der Waals surface area contributed by atoms with Gasteiger partial charge in [0.1, 0.15) is 11.5 Å². The van der Waals surface area contributed by atoms with Crippen molar-refractivity contribution in [2.45, 2.75) is 38.5 Å². The highest BCUT2D eigenvalue weighted by atomic mass is 32.2. The van der Waals surface area contributed by atoms with Crippen LogP contribution in [0.3, 0.4) is 0 Å². The summed E-state index contributed by atoms with van der Waals surface area (Å²) in [6.45, 7) is 4.84. The van der Waals surface area contributed by atoms with Crippen LogP contribution in [0.25, 0.3) is 0 Å². The monoisotopic (exact) mass is 377 g/mol. The van der Waals surface area contributed by atoms with Crippen LogP contribution >= 0.6 is 0 Å². The van der Waals surface area contributed by atoms with Crippen molar-refractivity contribution in [3.05, 3.63) is 63.2 Å². The van der Waals surface area contributed by atoms with Crippen molar-refractivity contribution in [3.8, 4) is 5.75 Å². The number of carbonyl (C=O) groups excluding carboxylic acids is 1. The van der Waals surface area contributed by atoms with E-state index in [1.807, 2.05) is 0 Å². The van der Waals surface area contributed by atoms with Crippen molar-refractivity contribution in [1.29, 1.82) is 0 Å². The third-order valence-corrected chi connectivity index (χ3v) is 5.21. The first-order valence-electron chi connectivity index (χ1n) is 7.88. The topological polar surface area (TPSA) is 104 Å². The minimum atomic E-state index is -4.36. The molecule has 0 amide bonds. The van der Waals surface area contributed by atoms with Crippen LogP contribution in [0.4, 0.5) is 5.69 Å². The van der Waals surface area contributed by atoms with Gasteiger partial charge in [-0.15, -0.1) is 0 Å². The molecule has 7 nitrogen and oxygen atoms in total. The molecule has 0 heterocycles. The molecule has 0 saturated carbocycles. The predicted molar refractivity (Wildman–Crippen MR) is 95.8 cm³/mol. The molecule has 0 bridgehead atoms. The first kappa shape index (κ1) is 19.6. The van der Waals surface area contributed by atoms with Crippen molar-refractivity contribution in [1.82, 2.24) is 0 Å². The van der Waals surface area contributed by atoms with Gasteiger partial charge in [0.05, 0.1) is 4.92 Å². The van der Waals surface area contributed by atoms with E-state index in [9.17, 15) is 23.3 Å². The van der Waals surface area contributed by atoms with Crippen LogP contribution in [0.5, 0.6) is 5.75 Å². The lowest BCUT2D eigenvalue weighted by Gasteiger charge is -2.10. The summed E-state index contributed by atoms with van der Waals surface area (Å²) in [6.07, 6.45) is 0.943. The summed E-state index contributed by atoms with van der Waals surface area (Å²) in [4.78, 5) is 21.0. The molecule has 0 aromatic heterocycles. The van der Waals surface area contributed by atoms with Gasteiger partial charge >= 0.3 is 10.1 Å². The number of benzene rings is 2. The van der Waals surface area contributed by atoms with E-state index >= 15 is 0 Å². The minimum Gasteiger partial charge on any atom is -0.379 e. The fraction of sp³-hybridized carbons (Fsp3) is 0.278. The molecule has 0 saturated heterocycles. The number of carbonyl (C=O) groups is 1. The van der Waals surface area contributed by atoms with Crippen molar-refractivity contribution in [2.75, 3.05) is 0 Å². The van der Waals surface area contributed by atoms with E-state index in [1.165, 1.54) is 31.2 Å². The number of aryl methyl sites for hydroxylation is 3. The summed E-state index contributed by atoms with van der Waals surface area (Å²) in [5.74, 6) is 0.110. The van der Waals surface area contributed by atoms with E-state index in [0.29, 0.717) is 24.0 Å². The van der Waals surface area contributed by atoms with E-state index in [-0.39, 0.29) is 11.5 Å². The maximum Gasteiger partial charge on any atom is 0.346 e. The molecule has 2 aromatic rings. The molecule has 0 N–H and O–H groups in total. The number of hydrogen-bond acceptors (Lipinski definition) is 6. The second kappa shape index (κ2) is 7.65. The molecular weight excluding hydrogens is 358 g/mol. The molecule has 0 aliphatic carbocycles. The Morgan fingerprint density at radius 1 is 1.12 bits per heavy atom. The maximum atomic E-state index is 12.5. The lowest BCUT2D eigenvalue weighted by atomic mass is 10.1. The minimum absolute atomic E-state index is 0.0455. The standard InChI is InChI=1S/C18H19NO6S/c1-12-10-17(19(21)22)18(11-13(12)2)26(23,24)25-16-8-6-15(7-9-16)5-4-14(3)20/h6-11H,4-5H2,1-3H3. The van der Waals surface area contributed by atoms with Crippen LogP contribution in [-0.2, 0) is 21.3 Å². The molecule has 0 spiro atoms. The third kappa shape index (κ3) is 4.66. The number of hydrogen-bond donors (Lipinski definition) is 0. The molecule has 0 unspecified atom stereocenters. The molecule has 2 aromatic carbocycles. The molecule has 26 heavy (non-hydrogen) atoms. The SMILES string of the molecule is CC(=O)CCc1ccc(OS(=O)(=O)c2cc(C)c(C)cc2[N+](=O)[O-])cc1. The first-order valence-corrected chi connectivity index (χ1v) is 9.29. The highest BCUT2D eigenvalue weighted by Crippen LogP contribution is 2.29. The average Bonchev–Trinajstić information content (AvgIpc) is 2.55. The Kier molecular flexibility index (Phi) is 5.76. The van der Waals surface area contributed by atoms with Crippen molar-refractivity contribution in [2.24, 2.45) is 0 Å². The Hall–Kier alpha value is -2.74. The van der Waals surface area contributed by atoms with Crippen LogP contribution in [0.1, 0.15) is 30.0 Å². The van der Waals surface area contributed by atoms with Crippen LogP contribution in [0.2, 0.25) is 0 Å². The normalized spacial score (nSPS) is 11.2. The van der Waals surface area contributed by atoms with E-state index < -0.39 is 25.6 Å². The number of rotatable bonds is 7. The highest BCUT2D eigenvalue weighted by Gasteiger charge is 2.28. The summed E-state index contributed by atoms with van der Waals surface area (Å²) in [5, 5.41) is 11.2. The summed E-state index contributed by atoms with van der Waals surface area (Å²) in [6, 6.07) is 8.69. The van der Waals surface area contributed by atoms with Crippen LogP contribution in [-0.4, -0.2) is 19.1 Å². The Labute approximate surface area is 151 Å². The Bertz CT molecular complexity index is 948. The zero-order valence-corrected chi connectivity index (χ0v) is 15.5. The fourth-order valence-corrected chi connectivity index (χ4v) is 3.49. The molecule has 138 valence electrons. The van der Waals surface area contributed by atoms with Gasteiger partial charge < -0.3 is 8.98 Å². The second-order valence-corrected chi connectivity index (χ2v) is 7.56. The van der Waals surface area contributed by atoms with E-state index in [1.54, 1.807) is 26.0 Å². The van der Waals surface area contributed by atoms with Gasteiger partial charge in [0.2, 0.25) is 0 Å². The molecule has 2 rings (SSSR count). The summed E-state index contributed by atoms with van der Waals surface area (Å²) >= 11 is 0. The first-order chi connectivity index (χ1) is 12.1. The van der Waals surface area contributed by atoms with Gasteiger partial charge in [0, 0.05) is 12.5 Å². The maximum absolute atomic E-state index is 12.5. The zero-order chi connectivity index (χ0) is 19.5. The van der Waals surface area contributed by atoms with Crippen LogP contribution in [0.15, 0.2) is 41.3 Å². The van der Waals surface area contributed by atoms with Gasteiger partial charge in [-0.25, -0.2) is 0 Å². The Balaban J connectivity index is 2.30. The lowest BCUT2D eigenvalue weighted by Crippen LogP contribution is -2.12. The fourth-order valence-electron chi connectivity index (χ4n) is 2.32. The number of ketones is 1.